The minimum atomic E-state index is -0.703. The van der Waals surface area contributed by atoms with E-state index in [-0.39, 0.29) is 6.42 Å². The molecule has 1 aromatic carbocycles. The van der Waals surface area contributed by atoms with Gasteiger partial charge in [0.1, 0.15) is 5.75 Å². The highest BCUT2D eigenvalue weighted by atomic mass is 16.5. The summed E-state index contributed by atoms with van der Waals surface area (Å²) in [5, 5.41) is 8.66. The number of carboxylic acids is 1. The number of rotatable bonds is 4. The van der Waals surface area contributed by atoms with Crippen LogP contribution in [0.2, 0.25) is 0 Å². The predicted octanol–water partition coefficient (Wildman–Crippen LogP) is 2.27. The number of methoxy groups -OCH3 is 1. The molecular formula is C12H14O3. The van der Waals surface area contributed by atoms with Crippen LogP contribution in [0.25, 0.3) is 0 Å². The van der Waals surface area contributed by atoms with Crippen molar-refractivity contribution in [3.05, 3.63) is 29.8 Å². The molecule has 80 valence electrons. The molecule has 0 heterocycles. The Kier molecular flexibility index (Phi) is 2.62. The van der Waals surface area contributed by atoms with Gasteiger partial charge in [-0.05, 0) is 36.0 Å². The van der Waals surface area contributed by atoms with Crippen molar-refractivity contribution in [2.24, 2.45) is 5.92 Å². The fraction of sp³-hybridized carbons (Fsp3) is 0.417. The van der Waals surface area contributed by atoms with E-state index in [1.165, 1.54) is 5.56 Å². The normalized spacial score (nSPS) is 23.5. The zero-order chi connectivity index (χ0) is 10.8. The highest BCUT2D eigenvalue weighted by Crippen LogP contribution is 2.49. The summed E-state index contributed by atoms with van der Waals surface area (Å²) in [6.45, 7) is 0. The smallest absolute Gasteiger partial charge is 0.303 e. The zero-order valence-electron chi connectivity index (χ0n) is 8.64. The summed E-state index contributed by atoms with van der Waals surface area (Å²) in [6, 6.07) is 7.88. The fourth-order valence-electron chi connectivity index (χ4n) is 1.98. The monoisotopic (exact) mass is 206 g/mol. The number of hydrogen-bond acceptors (Lipinski definition) is 2. The summed E-state index contributed by atoms with van der Waals surface area (Å²) in [6.07, 6.45) is 1.27. The molecule has 2 atom stereocenters. The number of carboxylic acid groups (broad SMARTS) is 1. The molecule has 0 unspecified atom stereocenters. The van der Waals surface area contributed by atoms with Gasteiger partial charge in [-0.2, -0.15) is 0 Å². The third-order valence-electron chi connectivity index (χ3n) is 2.88. The Morgan fingerprint density at radius 1 is 1.60 bits per heavy atom. The standard InChI is InChI=1S/C12H14O3/c1-15-10-4-2-3-8(5-10)11-6-9(11)7-12(13)14/h2-5,9,11H,6-7H2,1H3,(H,13,14)/t9-,11-/m1/s1. The minimum Gasteiger partial charge on any atom is -0.497 e. The van der Waals surface area contributed by atoms with Crippen molar-refractivity contribution < 1.29 is 14.6 Å². The molecule has 1 aromatic rings. The molecule has 0 amide bonds. The van der Waals surface area contributed by atoms with Gasteiger partial charge in [0.15, 0.2) is 0 Å². The molecule has 1 fully saturated rings. The van der Waals surface area contributed by atoms with E-state index in [4.69, 9.17) is 9.84 Å². The zero-order valence-corrected chi connectivity index (χ0v) is 8.64. The van der Waals surface area contributed by atoms with E-state index >= 15 is 0 Å². The number of ether oxygens (including phenoxy) is 1. The molecule has 3 nitrogen and oxygen atoms in total. The van der Waals surface area contributed by atoms with E-state index < -0.39 is 5.97 Å². The maximum atomic E-state index is 10.5. The van der Waals surface area contributed by atoms with E-state index in [0.717, 1.165) is 12.2 Å². The maximum absolute atomic E-state index is 10.5. The minimum absolute atomic E-state index is 0.280. The lowest BCUT2D eigenvalue weighted by Gasteiger charge is -2.03. The van der Waals surface area contributed by atoms with Crippen molar-refractivity contribution >= 4 is 5.97 Å². The summed E-state index contributed by atoms with van der Waals surface area (Å²) in [5.41, 5.74) is 1.20. The van der Waals surface area contributed by atoms with E-state index in [9.17, 15) is 4.79 Å². The lowest BCUT2D eigenvalue weighted by molar-refractivity contribution is -0.137. The van der Waals surface area contributed by atoms with Crippen LogP contribution in [-0.4, -0.2) is 18.2 Å². The molecule has 0 aromatic heterocycles. The van der Waals surface area contributed by atoms with Gasteiger partial charge in [-0.25, -0.2) is 0 Å². The first-order chi connectivity index (χ1) is 7.20. The molecule has 2 rings (SSSR count). The van der Waals surface area contributed by atoms with Gasteiger partial charge in [0, 0.05) is 6.42 Å². The summed E-state index contributed by atoms with van der Waals surface area (Å²) in [7, 11) is 1.64. The van der Waals surface area contributed by atoms with Gasteiger partial charge in [0.2, 0.25) is 0 Å². The highest BCUT2D eigenvalue weighted by molar-refractivity contribution is 5.67. The van der Waals surface area contributed by atoms with Gasteiger partial charge in [-0.1, -0.05) is 12.1 Å². The van der Waals surface area contributed by atoms with Gasteiger partial charge in [-0.3, -0.25) is 4.79 Å². The third-order valence-corrected chi connectivity index (χ3v) is 2.88. The summed E-state index contributed by atoms with van der Waals surface area (Å²) in [5.74, 6) is 0.865. The van der Waals surface area contributed by atoms with E-state index in [1.807, 2.05) is 24.3 Å². The number of benzene rings is 1. The van der Waals surface area contributed by atoms with E-state index in [2.05, 4.69) is 0 Å². The predicted molar refractivity (Wildman–Crippen MR) is 56.1 cm³/mol. The lowest BCUT2D eigenvalue weighted by Crippen LogP contribution is -1.96. The second kappa shape index (κ2) is 3.93. The molecule has 15 heavy (non-hydrogen) atoms. The largest absolute Gasteiger partial charge is 0.497 e. The van der Waals surface area contributed by atoms with Crippen molar-refractivity contribution in [2.45, 2.75) is 18.8 Å². The molecule has 0 bridgehead atoms. The quantitative estimate of drug-likeness (QED) is 0.822. The van der Waals surface area contributed by atoms with Crippen molar-refractivity contribution in [2.75, 3.05) is 7.11 Å². The van der Waals surface area contributed by atoms with Crippen molar-refractivity contribution in [1.82, 2.24) is 0 Å². The van der Waals surface area contributed by atoms with Crippen LogP contribution in [0.4, 0.5) is 0 Å². The number of hydrogen-bond donors (Lipinski definition) is 1. The van der Waals surface area contributed by atoms with Gasteiger partial charge in [0.05, 0.1) is 7.11 Å². The summed E-state index contributed by atoms with van der Waals surface area (Å²) < 4.78 is 5.13. The molecule has 3 heteroatoms. The van der Waals surface area contributed by atoms with Gasteiger partial charge in [-0.15, -0.1) is 0 Å². The van der Waals surface area contributed by atoms with Crippen LogP contribution in [0.5, 0.6) is 5.75 Å². The van der Waals surface area contributed by atoms with Gasteiger partial charge < -0.3 is 9.84 Å². The van der Waals surface area contributed by atoms with Crippen LogP contribution in [0.15, 0.2) is 24.3 Å². The van der Waals surface area contributed by atoms with Crippen LogP contribution in [0.1, 0.15) is 24.3 Å². The first-order valence-electron chi connectivity index (χ1n) is 5.06. The Hall–Kier alpha value is -1.51. The Labute approximate surface area is 88.7 Å². The molecule has 1 N–H and O–H groups in total. The molecule has 0 aliphatic heterocycles. The topological polar surface area (TPSA) is 46.5 Å². The Morgan fingerprint density at radius 3 is 3.07 bits per heavy atom. The highest BCUT2D eigenvalue weighted by Gasteiger charge is 2.39. The van der Waals surface area contributed by atoms with Crippen LogP contribution in [0, 0.1) is 5.92 Å². The maximum Gasteiger partial charge on any atom is 0.303 e. The van der Waals surface area contributed by atoms with E-state index in [0.29, 0.717) is 11.8 Å². The third kappa shape index (κ3) is 2.29. The average Bonchev–Trinajstić information content (AvgIpc) is 2.96. The summed E-state index contributed by atoms with van der Waals surface area (Å²) in [4.78, 5) is 10.5. The Bertz CT molecular complexity index is 373. The molecule has 0 saturated heterocycles. The SMILES string of the molecule is COc1cccc([C@H]2C[C@@H]2CC(=O)O)c1. The van der Waals surface area contributed by atoms with Crippen LogP contribution in [-0.2, 0) is 4.79 Å². The summed E-state index contributed by atoms with van der Waals surface area (Å²) >= 11 is 0. The fourth-order valence-corrected chi connectivity index (χ4v) is 1.98. The Balaban J connectivity index is 2.03. The van der Waals surface area contributed by atoms with Crippen molar-refractivity contribution in [3.63, 3.8) is 0 Å². The van der Waals surface area contributed by atoms with Crippen LogP contribution < -0.4 is 4.74 Å². The van der Waals surface area contributed by atoms with Crippen LogP contribution >= 0.6 is 0 Å². The number of carbonyl (C=O) groups is 1. The van der Waals surface area contributed by atoms with Crippen molar-refractivity contribution in [1.29, 1.82) is 0 Å². The first kappa shape index (κ1) is 10.0. The van der Waals surface area contributed by atoms with E-state index in [1.54, 1.807) is 7.11 Å². The van der Waals surface area contributed by atoms with Gasteiger partial charge >= 0.3 is 5.97 Å². The van der Waals surface area contributed by atoms with Gasteiger partial charge in [0.25, 0.3) is 0 Å². The second-order valence-corrected chi connectivity index (χ2v) is 3.98. The molecule has 1 aliphatic carbocycles. The first-order valence-corrected chi connectivity index (χ1v) is 5.06. The average molecular weight is 206 g/mol. The molecular weight excluding hydrogens is 192 g/mol. The second-order valence-electron chi connectivity index (χ2n) is 3.98. The van der Waals surface area contributed by atoms with Crippen LogP contribution in [0.3, 0.4) is 0 Å². The molecule has 1 saturated carbocycles. The Morgan fingerprint density at radius 2 is 2.40 bits per heavy atom. The number of aliphatic carboxylic acids is 1. The molecule has 0 spiro atoms. The molecule has 0 radical (unpaired) electrons. The molecule has 1 aliphatic rings. The lowest BCUT2D eigenvalue weighted by atomic mass is 10.1. The van der Waals surface area contributed by atoms with Crippen molar-refractivity contribution in [3.8, 4) is 5.75 Å².